The Morgan fingerprint density at radius 3 is 2.77 bits per heavy atom. The Morgan fingerprint density at radius 2 is 1.93 bits per heavy atom. The van der Waals surface area contributed by atoms with Crippen molar-refractivity contribution in [3.63, 3.8) is 0 Å². The number of benzene rings is 2. The molecule has 2 aromatic carbocycles. The molecule has 0 bridgehead atoms. The minimum absolute atomic E-state index is 0.00619. The van der Waals surface area contributed by atoms with Gasteiger partial charge in [-0.1, -0.05) is 18.6 Å². The largest absolute Gasteiger partial charge is 0.465 e. The van der Waals surface area contributed by atoms with Crippen molar-refractivity contribution in [2.75, 3.05) is 18.2 Å². The van der Waals surface area contributed by atoms with Crippen molar-refractivity contribution in [1.29, 1.82) is 0 Å². The number of amides is 3. The van der Waals surface area contributed by atoms with Crippen LogP contribution in [-0.4, -0.2) is 48.1 Å². The van der Waals surface area contributed by atoms with Crippen molar-refractivity contribution in [3.05, 3.63) is 42.0 Å². The van der Waals surface area contributed by atoms with Gasteiger partial charge in [0.05, 0.1) is 24.8 Å². The van der Waals surface area contributed by atoms with E-state index in [1.54, 1.807) is 12.1 Å². The average Bonchev–Trinajstić information content (AvgIpc) is 3.29. The summed E-state index contributed by atoms with van der Waals surface area (Å²) in [5.41, 5.74) is 1.24. The highest BCUT2D eigenvalue weighted by Gasteiger charge is 2.42. The molecule has 7 nitrogen and oxygen atoms in total. The predicted molar refractivity (Wildman–Crippen MR) is 118 cm³/mol. The second kappa shape index (κ2) is 8.95. The number of fused-ring (bicyclic) bond motifs is 2. The SMILES string of the molecule is COC(=O)c1ccc2cc(NC(=O)CCCC[C@@H]3SC[C@H]4NC(=O)N[C@@H]34)ccc2c1. The van der Waals surface area contributed by atoms with Gasteiger partial charge in [-0.15, -0.1) is 0 Å². The molecule has 158 valence electrons. The van der Waals surface area contributed by atoms with Crippen LogP contribution in [0.25, 0.3) is 10.8 Å². The number of hydrogen-bond acceptors (Lipinski definition) is 5. The molecule has 4 rings (SSSR count). The first-order chi connectivity index (χ1) is 14.5. The van der Waals surface area contributed by atoms with E-state index in [0.717, 1.165) is 41.5 Å². The number of carbonyl (C=O) groups is 3. The number of rotatable bonds is 7. The maximum Gasteiger partial charge on any atom is 0.337 e. The van der Waals surface area contributed by atoms with Crippen LogP contribution in [0.3, 0.4) is 0 Å². The molecule has 0 spiro atoms. The molecule has 0 aromatic heterocycles. The van der Waals surface area contributed by atoms with Gasteiger partial charge in [-0.2, -0.15) is 11.8 Å². The minimum atomic E-state index is -0.368. The van der Waals surface area contributed by atoms with E-state index in [9.17, 15) is 14.4 Å². The molecular formula is C22H25N3O4S. The van der Waals surface area contributed by atoms with E-state index in [4.69, 9.17) is 4.74 Å². The third kappa shape index (κ3) is 4.53. The third-order valence-electron chi connectivity index (χ3n) is 5.63. The molecule has 3 amide bonds. The smallest absolute Gasteiger partial charge is 0.337 e. The van der Waals surface area contributed by atoms with E-state index < -0.39 is 0 Å². The molecule has 2 aliphatic rings. The van der Waals surface area contributed by atoms with Crippen LogP contribution in [-0.2, 0) is 9.53 Å². The summed E-state index contributed by atoms with van der Waals surface area (Å²) in [5.74, 6) is 0.582. The number of esters is 1. The molecule has 0 radical (unpaired) electrons. The van der Waals surface area contributed by atoms with Crippen LogP contribution >= 0.6 is 11.8 Å². The quantitative estimate of drug-likeness (QED) is 0.358. The van der Waals surface area contributed by atoms with Gasteiger partial charge >= 0.3 is 12.0 Å². The second-order valence-electron chi connectivity index (χ2n) is 7.68. The zero-order chi connectivity index (χ0) is 21.1. The van der Waals surface area contributed by atoms with Crippen molar-refractivity contribution in [2.24, 2.45) is 0 Å². The fourth-order valence-corrected chi connectivity index (χ4v) is 5.61. The second-order valence-corrected chi connectivity index (χ2v) is 8.96. The summed E-state index contributed by atoms with van der Waals surface area (Å²) in [6, 6.07) is 11.4. The number of methoxy groups -OCH3 is 1. The van der Waals surface area contributed by atoms with Crippen molar-refractivity contribution >= 4 is 46.1 Å². The molecule has 2 fully saturated rings. The van der Waals surface area contributed by atoms with Crippen molar-refractivity contribution in [3.8, 4) is 0 Å². The molecular weight excluding hydrogens is 402 g/mol. The summed E-state index contributed by atoms with van der Waals surface area (Å²) in [7, 11) is 1.36. The maximum absolute atomic E-state index is 12.3. The number of hydrogen-bond donors (Lipinski definition) is 3. The molecule has 2 aliphatic heterocycles. The number of urea groups is 1. The Bertz CT molecular complexity index is 980. The van der Waals surface area contributed by atoms with E-state index in [2.05, 4.69) is 16.0 Å². The van der Waals surface area contributed by atoms with E-state index in [-0.39, 0.29) is 30.0 Å². The summed E-state index contributed by atoms with van der Waals surface area (Å²) in [4.78, 5) is 35.4. The summed E-state index contributed by atoms with van der Waals surface area (Å²) >= 11 is 1.90. The zero-order valence-corrected chi connectivity index (χ0v) is 17.6. The maximum atomic E-state index is 12.3. The topological polar surface area (TPSA) is 96.5 Å². The van der Waals surface area contributed by atoms with Crippen molar-refractivity contribution in [1.82, 2.24) is 10.6 Å². The summed E-state index contributed by atoms with van der Waals surface area (Å²) in [6.45, 7) is 0. The van der Waals surface area contributed by atoms with Gasteiger partial charge in [-0.25, -0.2) is 9.59 Å². The first kappa shape index (κ1) is 20.5. The highest BCUT2D eigenvalue weighted by molar-refractivity contribution is 8.00. The Morgan fingerprint density at radius 1 is 1.13 bits per heavy atom. The van der Waals surface area contributed by atoms with E-state index in [1.807, 2.05) is 36.0 Å². The molecule has 2 saturated heterocycles. The standard InChI is InChI=1S/C22H25N3O4S/c1-29-21(27)15-7-6-14-11-16(9-8-13(14)10-15)23-19(26)5-3-2-4-18-20-17(12-30-18)24-22(28)25-20/h6-11,17-18,20H,2-5,12H2,1H3,(H,23,26)(H2,24,25,28)/t17-,18+,20-/m1/s1. The van der Waals surface area contributed by atoms with Crippen LogP contribution in [0.4, 0.5) is 10.5 Å². The Hall–Kier alpha value is -2.74. The van der Waals surface area contributed by atoms with E-state index >= 15 is 0 Å². The molecule has 0 unspecified atom stereocenters. The summed E-state index contributed by atoms with van der Waals surface area (Å²) in [6.07, 6.45) is 3.24. The van der Waals surface area contributed by atoms with Crippen LogP contribution in [0.2, 0.25) is 0 Å². The van der Waals surface area contributed by atoms with E-state index in [1.165, 1.54) is 7.11 Å². The van der Waals surface area contributed by atoms with Crippen LogP contribution in [0.5, 0.6) is 0 Å². The van der Waals surface area contributed by atoms with E-state index in [0.29, 0.717) is 17.2 Å². The molecule has 2 aromatic rings. The van der Waals surface area contributed by atoms with Crippen LogP contribution in [0, 0.1) is 0 Å². The molecule has 3 N–H and O–H groups in total. The van der Waals surface area contributed by atoms with Gasteiger partial charge in [0.2, 0.25) is 5.91 Å². The highest BCUT2D eigenvalue weighted by Crippen LogP contribution is 2.33. The first-order valence-corrected chi connectivity index (χ1v) is 11.2. The third-order valence-corrected chi connectivity index (χ3v) is 7.13. The van der Waals surface area contributed by atoms with Gasteiger partial charge in [-0.05, 0) is 47.9 Å². The Kier molecular flexibility index (Phi) is 6.13. The number of nitrogens with one attached hydrogen (secondary N) is 3. The van der Waals surface area contributed by atoms with Gasteiger partial charge in [0, 0.05) is 23.1 Å². The highest BCUT2D eigenvalue weighted by atomic mass is 32.2. The number of unbranched alkanes of at least 4 members (excludes halogenated alkanes) is 1. The summed E-state index contributed by atoms with van der Waals surface area (Å²) < 4.78 is 4.75. The van der Waals surface area contributed by atoms with Gasteiger partial charge in [0.15, 0.2) is 0 Å². The first-order valence-electron chi connectivity index (χ1n) is 10.1. The fraction of sp³-hybridized carbons (Fsp3) is 0.409. The molecule has 0 aliphatic carbocycles. The summed E-state index contributed by atoms with van der Waals surface area (Å²) in [5, 5.41) is 11.2. The molecule has 2 heterocycles. The van der Waals surface area contributed by atoms with Gasteiger partial charge in [0.25, 0.3) is 0 Å². The van der Waals surface area contributed by atoms with Crippen LogP contribution < -0.4 is 16.0 Å². The number of ether oxygens (including phenoxy) is 1. The average molecular weight is 428 g/mol. The lowest BCUT2D eigenvalue weighted by atomic mass is 10.0. The van der Waals surface area contributed by atoms with Gasteiger partial charge in [0.1, 0.15) is 0 Å². The lowest BCUT2D eigenvalue weighted by Crippen LogP contribution is -2.36. The predicted octanol–water partition coefficient (Wildman–Crippen LogP) is 3.29. The number of thioether (sulfide) groups is 1. The molecule has 0 saturated carbocycles. The zero-order valence-electron chi connectivity index (χ0n) is 16.8. The minimum Gasteiger partial charge on any atom is -0.465 e. The molecule has 8 heteroatoms. The molecule has 30 heavy (non-hydrogen) atoms. The van der Waals surface area contributed by atoms with Gasteiger partial charge in [-0.3, -0.25) is 4.79 Å². The lowest BCUT2D eigenvalue weighted by molar-refractivity contribution is -0.116. The Labute approximate surface area is 179 Å². The lowest BCUT2D eigenvalue weighted by Gasteiger charge is -2.16. The van der Waals surface area contributed by atoms with Crippen molar-refractivity contribution < 1.29 is 19.1 Å². The van der Waals surface area contributed by atoms with Crippen molar-refractivity contribution in [2.45, 2.75) is 43.0 Å². The monoisotopic (exact) mass is 427 g/mol. The normalized spacial score (nSPS) is 22.3. The number of carbonyl (C=O) groups excluding carboxylic acids is 3. The van der Waals surface area contributed by atoms with Crippen LogP contribution in [0.15, 0.2) is 36.4 Å². The van der Waals surface area contributed by atoms with Gasteiger partial charge < -0.3 is 20.7 Å². The van der Waals surface area contributed by atoms with Crippen LogP contribution in [0.1, 0.15) is 36.0 Å². The fourth-order valence-electron chi connectivity index (χ4n) is 4.07. The Balaban J connectivity index is 1.24. The number of anilines is 1. The molecule has 3 atom stereocenters.